The zero-order valence-corrected chi connectivity index (χ0v) is 8.52. The van der Waals surface area contributed by atoms with Gasteiger partial charge in [-0.2, -0.15) is 0 Å². The molecule has 0 saturated carbocycles. The van der Waals surface area contributed by atoms with Gasteiger partial charge in [-0.25, -0.2) is 4.39 Å². The second-order valence-corrected chi connectivity index (χ2v) is 3.83. The summed E-state index contributed by atoms with van der Waals surface area (Å²) in [6.45, 7) is 3.81. The van der Waals surface area contributed by atoms with Crippen molar-refractivity contribution < 1.29 is 9.50 Å². The highest BCUT2D eigenvalue weighted by molar-refractivity contribution is 9.10. The first-order valence-electron chi connectivity index (χ1n) is 3.70. The second-order valence-electron chi connectivity index (χ2n) is 2.98. The van der Waals surface area contributed by atoms with Gasteiger partial charge in [-0.05, 0) is 12.0 Å². The molecule has 1 nitrogen and oxygen atoms in total. The molecule has 0 amide bonds. The third-order valence-corrected chi connectivity index (χ3v) is 2.30. The van der Waals surface area contributed by atoms with Gasteiger partial charge in [-0.15, -0.1) is 0 Å². The average molecular weight is 233 g/mol. The maximum absolute atomic E-state index is 13.2. The van der Waals surface area contributed by atoms with Crippen molar-refractivity contribution in [2.75, 3.05) is 0 Å². The molecule has 0 atom stereocenters. The largest absolute Gasteiger partial charge is 0.508 e. The Labute approximate surface area is 79.4 Å². The quantitative estimate of drug-likeness (QED) is 0.787. The van der Waals surface area contributed by atoms with Gasteiger partial charge in [0.25, 0.3) is 0 Å². The van der Waals surface area contributed by atoms with Gasteiger partial charge in [-0.1, -0.05) is 29.8 Å². The first-order chi connectivity index (χ1) is 5.52. The zero-order chi connectivity index (χ0) is 9.30. The van der Waals surface area contributed by atoms with E-state index in [1.165, 1.54) is 6.07 Å². The predicted molar refractivity (Wildman–Crippen MR) is 49.9 cm³/mol. The van der Waals surface area contributed by atoms with Crippen LogP contribution in [0.25, 0.3) is 0 Å². The third-order valence-electron chi connectivity index (χ3n) is 1.64. The highest BCUT2D eigenvalue weighted by atomic mass is 79.9. The maximum atomic E-state index is 13.2. The van der Waals surface area contributed by atoms with E-state index in [2.05, 4.69) is 15.9 Å². The van der Waals surface area contributed by atoms with Gasteiger partial charge in [0.05, 0.1) is 0 Å². The van der Waals surface area contributed by atoms with E-state index in [1.807, 2.05) is 13.8 Å². The molecule has 1 rings (SSSR count). The van der Waals surface area contributed by atoms with Crippen molar-refractivity contribution in [3.63, 3.8) is 0 Å². The van der Waals surface area contributed by atoms with E-state index in [9.17, 15) is 4.39 Å². The first kappa shape index (κ1) is 9.52. The number of benzene rings is 1. The fraction of sp³-hybridized carbons (Fsp3) is 0.333. The normalized spacial score (nSPS) is 10.8. The Bertz CT molecular complexity index is 274. The fourth-order valence-corrected chi connectivity index (χ4v) is 2.00. The van der Waals surface area contributed by atoms with Crippen molar-refractivity contribution in [1.82, 2.24) is 0 Å². The van der Waals surface area contributed by atoms with Crippen LogP contribution in [0.15, 0.2) is 16.6 Å². The lowest BCUT2D eigenvalue weighted by atomic mass is 10.0. The number of hydrogen-bond donors (Lipinski definition) is 1. The van der Waals surface area contributed by atoms with Crippen LogP contribution in [0.5, 0.6) is 5.75 Å². The summed E-state index contributed by atoms with van der Waals surface area (Å²) < 4.78 is 13.8. The minimum Gasteiger partial charge on any atom is -0.508 e. The highest BCUT2D eigenvalue weighted by Crippen LogP contribution is 2.30. The second kappa shape index (κ2) is 3.44. The predicted octanol–water partition coefficient (Wildman–Crippen LogP) is 3.42. The topological polar surface area (TPSA) is 20.2 Å². The molecule has 0 unspecified atom stereocenters. The van der Waals surface area contributed by atoms with Gasteiger partial charge in [0.2, 0.25) is 0 Å². The van der Waals surface area contributed by atoms with E-state index in [1.54, 1.807) is 0 Å². The van der Waals surface area contributed by atoms with Crippen LogP contribution in [-0.4, -0.2) is 5.11 Å². The van der Waals surface area contributed by atoms with E-state index in [4.69, 9.17) is 5.11 Å². The lowest BCUT2D eigenvalue weighted by molar-refractivity contribution is 0.466. The Morgan fingerprint density at radius 2 is 2.00 bits per heavy atom. The molecule has 3 heteroatoms. The van der Waals surface area contributed by atoms with Gasteiger partial charge in [0.1, 0.15) is 11.6 Å². The Balaban J connectivity index is 3.28. The number of phenols is 1. The van der Waals surface area contributed by atoms with Gasteiger partial charge in [0.15, 0.2) is 0 Å². The lowest BCUT2D eigenvalue weighted by Gasteiger charge is -2.09. The van der Waals surface area contributed by atoms with Crippen LogP contribution in [0.3, 0.4) is 0 Å². The van der Waals surface area contributed by atoms with Crippen LogP contribution < -0.4 is 0 Å². The van der Waals surface area contributed by atoms with Crippen molar-refractivity contribution in [2.45, 2.75) is 19.8 Å². The van der Waals surface area contributed by atoms with E-state index < -0.39 is 0 Å². The van der Waals surface area contributed by atoms with Gasteiger partial charge >= 0.3 is 0 Å². The summed E-state index contributed by atoms with van der Waals surface area (Å²) in [5.41, 5.74) is 0.604. The Morgan fingerprint density at radius 3 is 2.42 bits per heavy atom. The fourth-order valence-electron chi connectivity index (χ4n) is 1.12. The summed E-state index contributed by atoms with van der Waals surface area (Å²) >= 11 is 3.20. The zero-order valence-electron chi connectivity index (χ0n) is 6.94. The summed E-state index contributed by atoms with van der Waals surface area (Å²) in [6, 6.07) is 2.62. The number of hydrogen-bond acceptors (Lipinski definition) is 1. The minimum atomic E-state index is -0.364. The summed E-state index contributed by atoms with van der Waals surface area (Å²) in [6.07, 6.45) is 0. The molecule has 0 aliphatic rings. The summed E-state index contributed by atoms with van der Waals surface area (Å²) in [4.78, 5) is 0. The number of aromatic hydroxyl groups is 1. The van der Waals surface area contributed by atoms with Gasteiger partial charge in [0, 0.05) is 16.1 Å². The SMILES string of the molecule is CC(C)c1c(F)cc(O)cc1Br. The minimum absolute atomic E-state index is 0.0521. The molecule has 0 aromatic heterocycles. The standard InChI is InChI=1S/C9H10BrFO/c1-5(2)9-7(10)3-6(12)4-8(9)11/h3-5,12H,1-2H3. The molecule has 0 fully saturated rings. The molecule has 66 valence electrons. The highest BCUT2D eigenvalue weighted by Gasteiger charge is 2.11. The smallest absolute Gasteiger partial charge is 0.131 e. The number of rotatable bonds is 1. The molecule has 0 radical (unpaired) electrons. The third kappa shape index (κ3) is 1.78. The van der Waals surface area contributed by atoms with E-state index in [0.717, 1.165) is 6.07 Å². The number of phenolic OH excluding ortho intramolecular Hbond substituents is 1. The van der Waals surface area contributed by atoms with Crippen molar-refractivity contribution in [1.29, 1.82) is 0 Å². The first-order valence-corrected chi connectivity index (χ1v) is 4.49. The van der Waals surface area contributed by atoms with Crippen LogP contribution in [-0.2, 0) is 0 Å². The molecule has 0 spiro atoms. The van der Waals surface area contributed by atoms with E-state index >= 15 is 0 Å². The van der Waals surface area contributed by atoms with Crippen molar-refractivity contribution in [2.24, 2.45) is 0 Å². The average Bonchev–Trinajstić information content (AvgIpc) is 1.82. The Morgan fingerprint density at radius 1 is 1.42 bits per heavy atom. The lowest BCUT2D eigenvalue weighted by Crippen LogP contribution is -1.94. The molecular formula is C9H10BrFO. The molecular weight excluding hydrogens is 223 g/mol. The molecule has 1 aromatic carbocycles. The van der Waals surface area contributed by atoms with Crippen LogP contribution in [0, 0.1) is 5.82 Å². The van der Waals surface area contributed by atoms with Crippen LogP contribution >= 0.6 is 15.9 Å². The molecule has 0 bridgehead atoms. The van der Waals surface area contributed by atoms with Gasteiger partial charge in [-0.3, -0.25) is 0 Å². The summed E-state index contributed by atoms with van der Waals surface area (Å²) in [5.74, 6) is -0.305. The van der Waals surface area contributed by atoms with Crippen LogP contribution in [0.1, 0.15) is 25.3 Å². The monoisotopic (exact) mass is 232 g/mol. The molecule has 0 aliphatic heterocycles. The molecule has 12 heavy (non-hydrogen) atoms. The molecule has 0 saturated heterocycles. The van der Waals surface area contributed by atoms with E-state index in [-0.39, 0.29) is 17.5 Å². The van der Waals surface area contributed by atoms with Crippen molar-refractivity contribution in [3.8, 4) is 5.75 Å². The number of halogens is 2. The Kier molecular flexibility index (Phi) is 2.73. The molecule has 0 heterocycles. The maximum Gasteiger partial charge on any atom is 0.131 e. The van der Waals surface area contributed by atoms with Crippen molar-refractivity contribution >= 4 is 15.9 Å². The van der Waals surface area contributed by atoms with E-state index in [0.29, 0.717) is 10.0 Å². The molecule has 1 N–H and O–H groups in total. The van der Waals surface area contributed by atoms with Crippen LogP contribution in [0.4, 0.5) is 4.39 Å². The molecule has 0 aliphatic carbocycles. The summed E-state index contributed by atoms with van der Waals surface area (Å²) in [5, 5.41) is 9.03. The van der Waals surface area contributed by atoms with Crippen LogP contribution in [0.2, 0.25) is 0 Å². The molecule has 1 aromatic rings. The summed E-state index contributed by atoms with van der Waals surface area (Å²) in [7, 11) is 0. The van der Waals surface area contributed by atoms with Crippen molar-refractivity contribution in [3.05, 3.63) is 28.0 Å². The Hall–Kier alpha value is -0.570. The van der Waals surface area contributed by atoms with Gasteiger partial charge < -0.3 is 5.11 Å².